The van der Waals surface area contributed by atoms with Crippen molar-refractivity contribution in [3.63, 3.8) is 0 Å². The van der Waals surface area contributed by atoms with Crippen LogP contribution in [0, 0.1) is 12.8 Å². The fourth-order valence-corrected chi connectivity index (χ4v) is 4.06. The van der Waals surface area contributed by atoms with E-state index in [1.165, 1.54) is 25.9 Å². The average molecular weight is 328 g/mol. The minimum atomic E-state index is -0.0348. The van der Waals surface area contributed by atoms with Gasteiger partial charge in [-0.05, 0) is 57.8 Å². The van der Waals surface area contributed by atoms with Crippen molar-refractivity contribution >= 4 is 11.6 Å². The lowest BCUT2D eigenvalue weighted by molar-refractivity contribution is 0.0617. The third-order valence-electron chi connectivity index (χ3n) is 5.28. The number of aryl methyl sites for hydroxylation is 1. The first-order valence-corrected chi connectivity index (χ1v) is 8.81. The third kappa shape index (κ3) is 2.55. The predicted octanol–water partition coefficient (Wildman–Crippen LogP) is 1.87. The maximum atomic E-state index is 12.9. The van der Waals surface area contributed by atoms with Crippen LogP contribution in [0.3, 0.4) is 0 Å². The van der Waals surface area contributed by atoms with Gasteiger partial charge in [0.25, 0.3) is 5.91 Å². The van der Waals surface area contributed by atoms with E-state index in [9.17, 15) is 4.79 Å². The fraction of sp³-hybridized carbons (Fsp3) is 0.556. The van der Waals surface area contributed by atoms with E-state index >= 15 is 0 Å². The smallest absolute Gasteiger partial charge is 0.270 e. The SMILES string of the molecule is CCOc1cccn2c(C(=O)N[C@@H]3CN4CCC3CC4)c(C)nc12. The van der Waals surface area contributed by atoms with E-state index in [-0.39, 0.29) is 11.9 Å². The maximum absolute atomic E-state index is 12.9. The summed E-state index contributed by atoms with van der Waals surface area (Å²) >= 11 is 0. The number of fused-ring (bicyclic) bond motifs is 4. The Morgan fingerprint density at radius 2 is 2.21 bits per heavy atom. The number of nitrogens with zero attached hydrogens (tertiary/aromatic N) is 3. The van der Waals surface area contributed by atoms with Crippen LogP contribution in [0.5, 0.6) is 5.75 Å². The van der Waals surface area contributed by atoms with Crippen LogP contribution in [-0.4, -0.2) is 52.5 Å². The summed E-state index contributed by atoms with van der Waals surface area (Å²) in [4.78, 5) is 19.9. The number of pyridine rings is 1. The van der Waals surface area contributed by atoms with Crippen LogP contribution in [0.15, 0.2) is 18.3 Å². The Morgan fingerprint density at radius 3 is 2.88 bits per heavy atom. The van der Waals surface area contributed by atoms with E-state index in [0.717, 1.165) is 12.2 Å². The number of aromatic nitrogens is 2. The van der Waals surface area contributed by atoms with E-state index in [1.54, 1.807) is 0 Å². The highest BCUT2D eigenvalue weighted by Crippen LogP contribution is 2.28. The molecule has 0 saturated carbocycles. The summed E-state index contributed by atoms with van der Waals surface area (Å²) in [6, 6.07) is 4.03. The summed E-state index contributed by atoms with van der Waals surface area (Å²) in [6.45, 7) is 7.71. The third-order valence-corrected chi connectivity index (χ3v) is 5.28. The second-order valence-corrected chi connectivity index (χ2v) is 6.76. The first kappa shape index (κ1) is 15.4. The van der Waals surface area contributed by atoms with Crippen LogP contribution in [-0.2, 0) is 0 Å². The van der Waals surface area contributed by atoms with E-state index in [4.69, 9.17) is 4.74 Å². The fourth-order valence-electron chi connectivity index (χ4n) is 4.06. The maximum Gasteiger partial charge on any atom is 0.270 e. The van der Waals surface area contributed by atoms with Gasteiger partial charge in [-0.15, -0.1) is 0 Å². The van der Waals surface area contributed by atoms with Crippen molar-refractivity contribution in [2.24, 2.45) is 5.92 Å². The second kappa shape index (κ2) is 6.09. The van der Waals surface area contributed by atoms with Gasteiger partial charge in [0.15, 0.2) is 11.4 Å². The van der Waals surface area contributed by atoms with Gasteiger partial charge in [0.1, 0.15) is 5.69 Å². The molecule has 2 aromatic heterocycles. The molecule has 6 nitrogen and oxygen atoms in total. The zero-order chi connectivity index (χ0) is 16.7. The molecule has 1 amide bonds. The van der Waals surface area contributed by atoms with Crippen LogP contribution in [0.25, 0.3) is 5.65 Å². The summed E-state index contributed by atoms with van der Waals surface area (Å²) in [5.74, 6) is 1.29. The molecule has 3 saturated heterocycles. The van der Waals surface area contributed by atoms with Crippen molar-refractivity contribution in [1.29, 1.82) is 0 Å². The molecule has 3 aliphatic rings. The number of amides is 1. The van der Waals surface area contributed by atoms with Crippen molar-refractivity contribution in [3.05, 3.63) is 29.7 Å². The van der Waals surface area contributed by atoms with E-state index in [0.29, 0.717) is 29.6 Å². The summed E-state index contributed by atoms with van der Waals surface area (Å²) in [5, 5.41) is 3.25. The standard InChI is InChI=1S/C18H24N4O2/c1-3-24-15-5-4-8-22-16(12(2)19-17(15)22)18(23)20-14-11-21-9-6-13(14)7-10-21/h4-5,8,13-14H,3,6-7,9-11H2,1-2H3,(H,20,23)/t14-/m1/s1. The van der Waals surface area contributed by atoms with Gasteiger partial charge in [-0.1, -0.05) is 0 Å². The second-order valence-electron chi connectivity index (χ2n) is 6.76. The molecule has 5 rings (SSSR count). The molecule has 0 unspecified atom stereocenters. The Labute approximate surface area is 141 Å². The molecule has 128 valence electrons. The number of hydrogen-bond acceptors (Lipinski definition) is 4. The van der Waals surface area contributed by atoms with Crippen molar-refractivity contribution < 1.29 is 9.53 Å². The molecule has 24 heavy (non-hydrogen) atoms. The van der Waals surface area contributed by atoms with Crippen molar-refractivity contribution in [3.8, 4) is 5.75 Å². The van der Waals surface area contributed by atoms with Gasteiger partial charge in [0, 0.05) is 18.8 Å². The Balaban J connectivity index is 1.62. The van der Waals surface area contributed by atoms with E-state index in [2.05, 4.69) is 15.2 Å². The molecule has 3 fully saturated rings. The predicted molar refractivity (Wildman–Crippen MR) is 91.5 cm³/mol. The van der Waals surface area contributed by atoms with Gasteiger partial charge < -0.3 is 15.0 Å². The van der Waals surface area contributed by atoms with Crippen LogP contribution < -0.4 is 10.1 Å². The van der Waals surface area contributed by atoms with Gasteiger partial charge in [-0.3, -0.25) is 9.20 Å². The van der Waals surface area contributed by atoms with Crippen LogP contribution in [0.1, 0.15) is 35.9 Å². The van der Waals surface area contributed by atoms with Crippen molar-refractivity contribution in [2.45, 2.75) is 32.7 Å². The average Bonchev–Trinajstić information content (AvgIpc) is 2.93. The molecule has 2 bridgehead atoms. The molecule has 6 heteroatoms. The molecule has 5 heterocycles. The Morgan fingerprint density at radius 1 is 1.42 bits per heavy atom. The molecule has 2 aromatic rings. The highest BCUT2D eigenvalue weighted by Gasteiger charge is 2.35. The highest BCUT2D eigenvalue weighted by atomic mass is 16.5. The van der Waals surface area contributed by atoms with Crippen molar-refractivity contribution in [1.82, 2.24) is 19.6 Å². The summed E-state index contributed by atoms with van der Waals surface area (Å²) in [7, 11) is 0. The number of ether oxygens (including phenoxy) is 1. The summed E-state index contributed by atoms with van der Waals surface area (Å²) in [6.07, 6.45) is 4.25. The van der Waals surface area contributed by atoms with Crippen LogP contribution in [0.2, 0.25) is 0 Å². The number of rotatable bonds is 4. The Bertz CT molecular complexity index is 762. The van der Waals surface area contributed by atoms with Crippen molar-refractivity contribution in [2.75, 3.05) is 26.2 Å². The monoisotopic (exact) mass is 328 g/mol. The van der Waals surface area contributed by atoms with E-state index < -0.39 is 0 Å². The molecule has 1 N–H and O–H groups in total. The molecular weight excluding hydrogens is 304 g/mol. The molecular formula is C18H24N4O2. The zero-order valence-corrected chi connectivity index (χ0v) is 14.3. The van der Waals surface area contributed by atoms with Gasteiger partial charge in [0.05, 0.1) is 12.3 Å². The van der Waals surface area contributed by atoms with Crippen LogP contribution in [0.4, 0.5) is 0 Å². The topological polar surface area (TPSA) is 58.9 Å². The molecule has 0 radical (unpaired) electrons. The minimum Gasteiger partial charge on any atom is -0.490 e. The van der Waals surface area contributed by atoms with Crippen LogP contribution >= 0.6 is 0 Å². The quantitative estimate of drug-likeness (QED) is 0.931. The first-order valence-electron chi connectivity index (χ1n) is 8.81. The molecule has 0 aromatic carbocycles. The molecule has 0 spiro atoms. The number of carbonyl (C=O) groups is 1. The Kier molecular flexibility index (Phi) is 3.92. The number of hydrogen-bond donors (Lipinski definition) is 1. The number of imidazole rings is 1. The number of piperidine rings is 3. The van der Waals surface area contributed by atoms with Gasteiger partial charge >= 0.3 is 0 Å². The molecule has 1 atom stereocenters. The van der Waals surface area contributed by atoms with Gasteiger partial charge in [-0.25, -0.2) is 4.98 Å². The minimum absolute atomic E-state index is 0.0348. The highest BCUT2D eigenvalue weighted by molar-refractivity contribution is 5.95. The summed E-state index contributed by atoms with van der Waals surface area (Å²) in [5.41, 5.74) is 2.06. The van der Waals surface area contributed by atoms with E-state index in [1.807, 2.05) is 36.6 Å². The van der Waals surface area contributed by atoms with Gasteiger partial charge in [0.2, 0.25) is 0 Å². The van der Waals surface area contributed by atoms with Gasteiger partial charge in [-0.2, -0.15) is 0 Å². The molecule has 3 aliphatic heterocycles. The normalized spacial score (nSPS) is 25.8. The molecule has 0 aliphatic carbocycles. The zero-order valence-electron chi connectivity index (χ0n) is 14.3. The number of nitrogens with one attached hydrogen (secondary N) is 1. The lowest BCUT2D eigenvalue weighted by atomic mass is 9.84. The lowest BCUT2D eigenvalue weighted by Gasteiger charge is -2.44. The largest absolute Gasteiger partial charge is 0.490 e. The number of carbonyl (C=O) groups excluding carboxylic acids is 1. The summed E-state index contributed by atoms with van der Waals surface area (Å²) < 4.78 is 7.48. The lowest BCUT2D eigenvalue weighted by Crippen LogP contribution is -2.57. The first-order chi connectivity index (χ1) is 11.7. The Hall–Kier alpha value is -2.08.